The summed E-state index contributed by atoms with van der Waals surface area (Å²) in [5.74, 6) is 0.0860. The quantitative estimate of drug-likeness (QED) is 0.692. The number of nitrogen functional groups attached to an aromatic ring is 1. The van der Waals surface area contributed by atoms with E-state index in [0.717, 1.165) is 5.56 Å². The number of nitrogens with two attached hydrogens (primary N) is 1. The van der Waals surface area contributed by atoms with E-state index < -0.39 is 0 Å². The Balaban J connectivity index is 2.19. The van der Waals surface area contributed by atoms with Crippen molar-refractivity contribution in [2.75, 3.05) is 5.73 Å². The Morgan fingerprint density at radius 2 is 1.89 bits per heavy atom. The monoisotopic (exact) mass is 306 g/mol. The highest BCUT2D eigenvalue weighted by Crippen LogP contribution is 2.30. The van der Waals surface area contributed by atoms with Gasteiger partial charge in [0, 0.05) is 17.3 Å². The largest absolute Gasteiger partial charge is 0.435 e. The van der Waals surface area contributed by atoms with Gasteiger partial charge in [-0.15, -0.1) is 0 Å². The second-order valence-electron chi connectivity index (χ2n) is 3.88. The first-order valence-electron chi connectivity index (χ1n) is 5.25. The fourth-order valence-corrected chi connectivity index (χ4v) is 2.21. The normalized spacial score (nSPS) is 11.0. The standard InChI is InChI=1S/C13H8BrFN2O/c14-10-5-8(15)6-11-12(10)18-13(17-11)7-1-3-9(16)4-2-7/h1-6H,16H2. The molecule has 18 heavy (non-hydrogen) atoms. The summed E-state index contributed by atoms with van der Waals surface area (Å²) in [6.45, 7) is 0. The maximum Gasteiger partial charge on any atom is 0.227 e. The summed E-state index contributed by atoms with van der Waals surface area (Å²) in [5, 5.41) is 0. The summed E-state index contributed by atoms with van der Waals surface area (Å²) >= 11 is 3.25. The molecule has 90 valence electrons. The summed E-state index contributed by atoms with van der Waals surface area (Å²) in [6.07, 6.45) is 0. The summed E-state index contributed by atoms with van der Waals surface area (Å²) in [6, 6.07) is 9.83. The molecule has 0 saturated heterocycles. The molecule has 0 atom stereocenters. The summed E-state index contributed by atoms with van der Waals surface area (Å²) in [7, 11) is 0. The van der Waals surface area contributed by atoms with E-state index in [9.17, 15) is 4.39 Å². The van der Waals surface area contributed by atoms with Crippen LogP contribution in [0.15, 0.2) is 45.3 Å². The number of anilines is 1. The molecule has 0 fully saturated rings. The predicted octanol–water partition coefficient (Wildman–Crippen LogP) is 3.98. The van der Waals surface area contributed by atoms with Gasteiger partial charge in [0.25, 0.3) is 0 Å². The minimum Gasteiger partial charge on any atom is -0.435 e. The van der Waals surface area contributed by atoms with E-state index in [4.69, 9.17) is 10.2 Å². The van der Waals surface area contributed by atoms with Crippen molar-refractivity contribution in [3.63, 3.8) is 0 Å². The maximum absolute atomic E-state index is 13.2. The molecule has 1 aromatic heterocycles. The molecule has 2 N–H and O–H groups in total. The van der Waals surface area contributed by atoms with Crippen molar-refractivity contribution in [1.82, 2.24) is 4.98 Å². The Hall–Kier alpha value is -1.88. The molecule has 3 rings (SSSR count). The van der Waals surface area contributed by atoms with Crippen LogP contribution >= 0.6 is 15.9 Å². The Morgan fingerprint density at radius 3 is 2.61 bits per heavy atom. The highest BCUT2D eigenvalue weighted by Gasteiger charge is 2.12. The van der Waals surface area contributed by atoms with Crippen LogP contribution < -0.4 is 5.73 Å². The molecule has 0 spiro atoms. The molecule has 0 radical (unpaired) electrons. The summed E-state index contributed by atoms with van der Waals surface area (Å²) < 4.78 is 19.4. The zero-order valence-corrected chi connectivity index (χ0v) is 10.7. The van der Waals surface area contributed by atoms with Gasteiger partial charge in [-0.2, -0.15) is 0 Å². The van der Waals surface area contributed by atoms with Gasteiger partial charge in [0.1, 0.15) is 11.3 Å². The summed E-state index contributed by atoms with van der Waals surface area (Å²) in [5.41, 5.74) is 8.09. The molecule has 0 bridgehead atoms. The van der Waals surface area contributed by atoms with Crippen LogP contribution in [-0.4, -0.2) is 4.98 Å². The molecule has 1 heterocycles. The number of fused-ring (bicyclic) bond motifs is 1. The second-order valence-corrected chi connectivity index (χ2v) is 4.73. The van der Waals surface area contributed by atoms with Crippen molar-refractivity contribution < 1.29 is 8.81 Å². The van der Waals surface area contributed by atoms with E-state index in [0.29, 0.717) is 27.2 Å². The lowest BCUT2D eigenvalue weighted by Gasteiger charge is -1.95. The van der Waals surface area contributed by atoms with E-state index in [2.05, 4.69) is 20.9 Å². The number of hydrogen-bond acceptors (Lipinski definition) is 3. The van der Waals surface area contributed by atoms with Gasteiger partial charge in [0.15, 0.2) is 5.58 Å². The van der Waals surface area contributed by atoms with Gasteiger partial charge in [0.05, 0.1) is 4.47 Å². The van der Waals surface area contributed by atoms with Gasteiger partial charge in [0.2, 0.25) is 5.89 Å². The van der Waals surface area contributed by atoms with Crippen LogP contribution in [0.3, 0.4) is 0 Å². The number of benzene rings is 2. The number of aromatic nitrogens is 1. The van der Waals surface area contributed by atoms with Crippen molar-refractivity contribution in [3.05, 3.63) is 46.7 Å². The van der Waals surface area contributed by atoms with Crippen molar-refractivity contribution in [2.24, 2.45) is 0 Å². The van der Waals surface area contributed by atoms with Crippen LogP contribution in [0.5, 0.6) is 0 Å². The number of rotatable bonds is 1. The van der Waals surface area contributed by atoms with Gasteiger partial charge in [-0.3, -0.25) is 0 Å². The van der Waals surface area contributed by atoms with Crippen LogP contribution in [0.25, 0.3) is 22.6 Å². The zero-order chi connectivity index (χ0) is 12.7. The third-order valence-corrected chi connectivity index (χ3v) is 3.16. The molecule has 2 aromatic carbocycles. The molecular formula is C13H8BrFN2O. The Labute approximate surface area is 111 Å². The van der Waals surface area contributed by atoms with Crippen LogP contribution in [0.1, 0.15) is 0 Å². The van der Waals surface area contributed by atoms with Gasteiger partial charge < -0.3 is 10.2 Å². The van der Waals surface area contributed by atoms with Crippen LogP contribution in [0, 0.1) is 5.82 Å². The van der Waals surface area contributed by atoms with Gasteiger partial charge >= 0.3 is 0 Å². The minimum atomic E-state index is -0.355. The Bertz CT molecular complexity index is 722. The van der Waals surface area contributed by atoms with Crippen LogP contribution in [0.4, 0.5) is 10.1 Å². The molecule has 0 aliphatic carbocycles. The highest BCUT2D eigenvalue weighted by molar-refractivity contribution is 9.10. The summed E-state index contributed by atoms with van der Waals surface area (Å²) in [4.78, 5) is 4.26. The van der Waals surface area contributed by atoms with Crippen molar-refractivity contribution >= 4 is 32.7 Å². The maximum atomic E-state index is 13.2. The Kier molecular flexibility index (Phi) is 2.56. The lowest BCUT2D eigenvalue weighted by Crippen LogP contribution is -1.83. The average molecular weight is 307 g/mol. The first-order valence-corrected chi connectivity index (χ1v) is 6.04. The van der Waals surface area contributed by atoms with Gasteiger partial charge in [-0.1, -0.05) is 0 Å². The molecule has 5 heteroatoms. The molecular weight excluding hydrogens is 299 g/mol. The number of nitrogens with zero attached hydrogens (tertiary/aromatic N) is 1. The first-order chi connectivity index (χ1) is 8.63. The highest BCUT2D eigenvalue weighted by atomic mass is 79.9. The lowest BCUT2D eigenvalue weighted by molar-refractivity contribution is 0.611. The lowest BCUT2D eigenvalue weighted by atomic mass is 10.2. The van der Waals surface area contributed by atoms with E-state index in [1.807, 2.05) is 12.1 Å². The van der Waals surface area contributed by atoms with Gasteiger partial charge in [-0.05, 0) is 46.3 Å². The van der Waals surface area contributed by atoms with Gasteiger partial charge in [-0.25, -0.2) is 9.37 Å². The average Bonchev–Trinajstić information content (AvgIpc) is 2.74. The third kappa shape index (κ3) is 1.86. The minimum absolute atomic E-state index is 0.355. The second kappa shape index (κ2) is 4.10. The SMILES string of the molecule is Nc1ccc(-c2nc3cc(F)cc(Br)c3o2)cc1. The molecule has 0 amide bonds. The van der Waals surface area contributed by atoms with E-state index in [1.54, 1.807) is 12.1 Å². The number of oxazole rings is 1. The van der Waals surface area contributed by atoms with Crippen molar-refractivity contribution in [1.29, 1.82) is 0 Å². The van der Waals surface area contributed by atoms with E-state index >= 15 is 0 Å². The zero-order valence-electron chi connectivity index (χ0n) is 9.15. The predicted molar refractivity (Wildman–Crippen MR) is 71.5 cm³/mol. The number of halogens is 2. The fourth-order valence-electron chi connectivity index (χ4n) is 1.71. The smallest absolute Gasteiger partial charge is 0.227 e. The molecule has 0 aliphatic rings. The van der Waals surface area contributed by atoms with E-state index in [-0.39, 0.29) is 5.82 Å². The van der Waals surface area contributed by atoms with E-state index in [1.165, 1.54) is 12.1 Å². The molecule has 0 saturated carbocycles. The third-order valence-electron chi connectivity index (χ3n) is 2.57. The molecule has 3 nitrogen and oxygen atoms in total. The topological polar surface area (TPSA) is 52.0 Å². The number of hydrogen-bond donors (Lipinski definition) is 1. The fraction of sp³-hybridized carbons (Fsp3) is 0. The molecule has 3 aromatic rings. The first kappa shape index (κ1) is 11.2. The Morgan fingerprint density at radius 1 is 1.17 bits per heavy atom. The van der Waals surface area contributed by atoms with Crippen molar-refractivity contribution in [2.45, 2.75) is 0 Å². The molecule has 0 aliphatic heterocycles. The molecule has 0 unspecified atom stereocenters. The van der Waals surface area contributed by atoms with Crippen LogP contribution in [-0.2, 0) is 0 Å². The van der Waals surface area contributed by atoms with Crippen LogP contribution in [0.2, 0.25) is 0 Å². The van der Waals surface area contributed by atoms with Crippen molar-refractivity contribution in [3.8, 4) is 11.5 Å².